The van der Waals surface area contributed by atoms with Gasteiger partial charge in [0.25, 0.3) is 5.91 Å². The smallest absolute Gasteiger partial charge is 0.398 e. The van der Waals surface area contributed by atoms with E-state index in [0.29, 0.717) is 17.5 Å². The van der Waals surface area contributed by atoms with Gasteiger partial charge in [0, 0.05) is 6.54 Å². The summed E-state index contributed by atoms with van der Waals surface area (Å²) in [6, 6.07) is 4.38. The molecule has 0 saturated heterocycles. The van der Waals surface area contributed by atoms with Crippen LogP contribution in [-0.4, -0.2) is 22.8 Å². The first-order valence-corrected chi connectivity index (χ1v) is 5.55. The molecule has 19 heavy (non-hydrogen) atoms. The highest BCUT2D eigenvalue weighted by molar-refractivity contribution is 6.33. The fraction of sp³-hybridized carbons (Fsp3) is 0.364. The topological polar surface area (TPSA) is 75.3 Å². The molecule has 1 aromatic rings. The molecule has 1 rings (SSSR count). The number of nitrogen functional groups attached to an aromatic ring is 1. The van der Waals surface area contributed by atoms with Crippen LogP contribution in [-0.2, 0) is 11.3 Å². The standard InChI is InChI=1S/C11H12ClF3N2O2/c1-10(19,11(13,14)15)9(18)17-5-6-2-3-7(12)8(16)4-6/h2-4,19H,5,16H2,1H3,(H,17,18)/t10-/m1/s1. The minimum Gasteiger partial charge on any atom is -0.398 e. The molecule has 4 nitrogen and oxygen atoms in total. The Kier molecular flexibility index (Phi) is 4.32. The third-order valence-electron chi connectivity index (χ3n) is 2.51. The van der Waals surface area contributed by atoms with Gasteiger partial charge in [-0.15, -0.1) is 0 Å². The van der Waals surface area contributed by atoms with Gasteiger partial charge in [0.05, 0.1) is 10.7 Å². The quantitative estimate of drug-likeness (QED) is 0.745. The van der Waals surface area contributed by atoms with Gasteiger partial charge in [0.1, 0.15) is 0 Å². The summed E-state index contributed by atoms with van der Waals surface area (Å²) >= 11 is 5.67. The Morgan fingerprint density at radius 1 is 1.47 bits per heavy atom. The lowest BCUT2D eigenvalue weighted by atomic mass is 10.1. The molecule has 0 fully saturated rings. The number of rotatable bonds is 3. The molecule has 0 heterocycles. The Hall–Kier alpha value is -1.47. The molecule has 0 spiro atoms. The van der Waals surface area contributed by atoms with Gasteiger partial charge in [-0.2, -0.15) is 13.2 Å². The van der Waals surface area contributed by atoms with E-state index in [4.69, 9.17) is 22.4 Å². The average molecular weight is 297 g/mol. The summed E-state index contributed by atoms with van der Waals surface area (Å²) in [4.78, 5) is 11.3. The normalized spacial score (nSPS) is 14.8. The van der Waals surface area contributed by atoms with Crippen molar-refractivity contribution in [1.29, 1.82) is 0 Å². The third-order valence-corrected chi connectivity index (χ3v) is 2.85. The number of nitrogens with two attached hydrogens (primary N) is 1. The van der Waals surface area contributed by atoms with Crippen molar-refractivity contribution in [3.8, 4) is 0 Å². The zero-order chi connectivity index (χ0) is 14.8. The number of carbonyl (C=O) groups is 1. The number of hydrogen-bond acceptors (Lipinski definition) is 3. The van der Waals surface area contributed by atoms with Crippen LogP contribution in [0.4, 0.5) is 18.9 Å². The van der Waals surface area contributed by atoms with E-state index in [1.54, 1.807) is 0 Å². The minimum absolute atomic E-state index is 0.202. The predicted molar refractivity (Wildman–Crippen MR) is 64.4 cm³/mol. The van der Waals surface area contributed by atoms with Crippen molar-refractivity contribution in [3.05, 3.63) is 28.8 Å². The molecule has 0 aliphatic rings. The van der Waals surface area contributed by atoms with E-state index in [2.05, 4.69) is 0 Å². The molecule has 1 atom stereocenters. The largest absolute Gasteiger partial charge is 0.426 e. The second kappa shape index (κ2) is 5.26. The second-order valence-electron chi connectivity index (χ2n) is 4.11. The van der Waals surface area contributed by atoms with E-state index in [1.165, 1.54) is 18.2 Å². The highest BCUT2D eigenvalue weighted by Crippen LogP contribution is 2.30. The number of anilines is 1. The lowest BCUT2D eigenvalue weighted by Gasteiger charge is -2.24. The van der Waals surface area contributed by atoms with Gasteiger partial charge in [-0.05, 0) is 24.6 Å². The summed E-state index contributed by atoms with van der Waals surface area (Å²) in [7, 11) is 0. The van der Waals surface area contributed by atoms with Crippen LogP contribution in [0.1, 0.15) is 12.5 Å². The number of nitrogens with one attached hydrogen (secondary N) is 1. The minimum atomic E-state index is -5.05. The highest BCUT2D eigenvalue weighted by atomic mass is 35.5. The molecule has 106 valence electrons. The van der Waals surface area contributed by atoms with E-state index in [0.717, 1.165) is 0 Å². The van der Waals surface area contributed by atoms with Crippen molar-refractivity contribution in [2.75, 3.05) is 5.73 Å². The van der Waals surface area contributed by atoms with Gasteiger partial charge in [-0.25, -0.2) is 0 Å². The Morgan fingerprint density at radius 2 is 2.05 bits per heavy atom. The molecule has 0 saturated carbocycles. The first-order valence-electron chi connectivity index (χ1n) is 5.17. The van der Waals surface area contributed by atoms with Crippen LogP contribution in [0.25, 0.3) is 0 Å². The molecule has 0 radical (unpaired) electrons. The SMILES string of the molecule is C[C@@](O)(C(=O)NCc1ccc(Cl)c(N)c1)C(F)(F)F. The van der Waals surface area contributed by atoms with Gasteiger partial charge >= 0.3 is 6.18 Å². The van der Waals surface area contributed by atoms with Crippen molar-refractivity contribution in [2.45, 2.75) is 25.2 Å². The molecule has 0 unspecified atom stereocenters. The molecule has 1 amide bonds. The fourth-order valence-electron chi connectivity index (χ4n) is 1.19. The molecule has 0 aromatic heterocycles. The first-order chi connectivity index (χ1) is 8.55. The van der Waals surface area contributed by atoms with Crippen molar-refractivity contribution in [3.63, 3.8) is 0 Å². The van der Waals surface area contributed by atoms with Gasteiger partial charge in [0.2, 0.25) is 5.60 Å². The van der Waals surface area contributed by atoms with Gasteiger partial charge in [-0.3, -0.25) is 4.79 Å². The van der Waals surface area contributed by atoms with Crippen LogP contribution < -0.4 is 11.1 Å². The van der Waals surface area contributed by atoms with Gasteiger partial charge < -0.3 is 16.2 Å². The lowest BCUT2D eigenvalue weighted by molar-refractivity contribution is -0.245. The van der Waals surface area contributed by atoms with Crippen molar-refractivity contribution >= 4 is 23.2 Å². The number of aliphatic hydroxyl groups is 1. The fourth-order valence-corrected chi connectivity index (χ4v) is 1.30. The molecule has 1 aromatic carbocycles. The summed E-state index contributed by atoms with van der Waals surface area (Å²) < 4.78 is 37.1. The summed E-state index contributed by atoms with van der Waals surface area (Å²) in [6.45, 7) is 0.186. The maximum absolute atomic E-state index is 12.4. The first kappa shape index (κ1) is 15.6. The van der Waals surface area contributed by atoms with Crippen molar-refractivity contribution in [1.82, 2.24) is 5.32 Å². The van der Waals surface area contributed by atoms with Crippen molar-refractivity contribution < 1.29 is 23.1 Å². The highest BCUT2D eigenvalue weighted by Gasteiger charge is 2.55. The summed E-state index contributed by atoms with van der Waals surface area (Å²) in [5.74, 6) is -1.53. The number of amides is 1. The van der Waals surface area contributed by atoms with Crippen LogP contribution in [0.3, 0.4) is 0 Å². The van der Waals surface area contributed by atoms with Crippen molar-refractivity contribution in [2.24, 2.45) is 0 Å². The van der Waals surface area contributed by atoms with Gasteiger partial charge in [-0.1, -0.05) is 17.7 Å². The van der Waals surface area contributed by atoms with Crippen LogP contribution in [0.15, 0.2) is 18.2 Å². The molecular formula is C11H12ClF3N2O2. The number of carbonyl (C=O) groups excluding carboxylic acids is 1. The van der Waals surface area contributed by atoms with E-state index in [-0.39, 0.29) is 12.2 Å². The molecule has 0 bridgehead atoms. The molecule has 4 N–H and O–H groups in total. The van der Waals surface area contributed by atoms with E-state index < -0.39 is 17.7 Å². The number of hydrogen-bond donors (Lipinski definition) is 3. The summed E-state index contributed by atoms with van der Waals surface area (Å²) in [5.41, 5.74) is 2.78. The maximum atomic E-state index is 12.4. The molecule has 8 heteroatoms. The van der Waals surface area contributed by atoms with E-state index >= 15 is 0 Å². The van der Waals surface area contributed by atoms with Crippen LogP contribution >= 0.6 is 11.6 Å². The van der Waals surface area contributed by atoms with E-state index in [9.17, 15) is 18.0 Å². The average Bonchev–Trinajstić information content (AvgIpc) is 2.28. The van der Waals surface area contributed by atoms with E-state index in [1.807, 2.05) is 5.32 Å². The zero-order valence-electron chi connectivity index (χ0n) is 9.88. The Bertz CT molecular complexity index is 489. The summed E-state index contributed by atoms with van der Waals surface area (Å²) in [5, 5.41) is 11.4. The van der Waals surface area contributed by atoms with Crippen LogP contribution in [0.2, 0.25) is 5.02 Å². The molecule has 0 aliphatic heterocycles. The van der Waals surface area contributed by atoms with Crippen LogP contribution in [0.5, 0.6) is 0 Å². The van der Waals surface area contributed by atoms with Gasteiger partial charge in [0.15, 0.2) is 0 Å². The molecular weight excluding hydrogens is 285 g/mol. The van der Waals surface area contributed by atoms with Crippen LogP contribution in [0, 0.1) is 0 Å². The summed E-state index contributed by atoms with van der Waals surface area (Å²) in [6.07, 6.45) is -5.05. The number of benzene rings is 1. The number of halogens is 4. The zero-order valence-corrected chi connectivity index (χ0v) is 10.6. The number of alkyl halides is 3. The Balaban J connectivity index is 2.72. The molecule has 0 aliphatic carbocycles. The Morgan fingerprint density at radius 3 is 2.53 bits per heavy atom. The predicted octanol–water partition coefficient (Wildman–Crippen LogP) is 1.85. The third kappa shape index (κ3) is 3.51. The second-order valence-corrected chi connectivity index (χ2v) is 4.52. The Labute approximate surface area is 112 Å². The lowest BCUT2D eigenvalue weighted by Crippen LogP contribution is -2.54. The monoisotopic (exact) mass is 296 g/mol. The maximum Gasteiger partial charge on any atom is 0.426 e.